The van der Waals surface area contributed by atoms with Gasteiger partial charge in [0.25, 0.3) is 0 Å². The Morgan fingerprint density at radius 2 is 1.59 bits per heavy atom. The third-order valence-electron chi connectivity index (χ3n) is 4.42. The number of carbonyl (C=O) groups excluding carboxylic acids is 1. The summed E-state index contributed by atoms with van der Waals surface area (Å²) in [6.45, 7) is 8.95. The second-order valence-electron chi connectivity index (χ2n) is 7.47. The lowest BCUT2D eigenvalue weighted by atomic mass is 10.0. The Hall–Kier alpha value is -2.53. The van der Waals surface area contributed by atoms with E-state index in [1.807, 2.05) is 44.2 Å². The van der Waals surface area contributed by atoms with Gasteiger partial charge >= 0.3 is 0 Å². The van der Waals surface area contributed by atoms with Gasteiger partial charge in [-0.25, -0.2) is 0 Å². The van der Waals surface area contributed by atoms with Gasteiger partial charge in [-0.15, -0.1) is 0 Å². The average Bonchev–Trinajstić information content (AvgIpc) is 2.71. The molecule has 0 saturated heterocycles. The van der Waals surface area contributed by atoms with E-state index >= 15 is 0 Å². The van der Waals surface area contributed by atoms with E-state index in [2.05, 4.69) is 26.0 Å². The minimum atomic E-state index is -0.478. The van der Waals surface area contributed by atoms with Crippen molar-refractivity contribution >= 4 is 6.29 Å². The molecule has 1 unspecified atom stereocenters. The van der Waals surface area contributed by atoms with Gasteiger partial charge in [-0.1, -0.05) is 32.0 Å². The van der Waals surface area contributed by atoms with Gasteiger partial charge in [-0.3, -0.25) is 0 Å². The number of hydrogen-bond donors (Lipinski definition) is 0. The van der Waals surface area contributed by atoms with Crippen molar-refractivity contribution < 1.29 is 23.7 Å². The summed E-state index contributed by atoms with van der Waals surface area (Å²) in [5.74, 6) is 2.58. The van der Waals surface area contributed by atoms with E-state index in [-0.39, 0.29) is 6.10 Å². The molecular weight excluding hydrogens is 368 g/mol. The van der Waals surface area contributed by atoms with Crippen LogP contribution in [0, 0.1) is 0 Å². The molecule has 29 heavy (non-hydrogen) atoms. The zero-order valence-corrected chi connectivity index (χ0v) is 18.0. The van der Waals surface area contributed by atoms with Crippen molar-refractivity contribution in [2.24, 2.45) is 0 Å². The second kappa shape index (κ2) is 11.5. The third kappa shape index (κ3) is 7.42. The summed E-state index contributed by atoms with van der Waals surface area (Å²) in [4.78, 5) is 11.3. The highest BCUT2D eigenvalue weighted by Gasteiger charge is 2.13. The lowest BCUT2D eigenvalue weighted by molar-refractivity contribution is -0.120. The fraction of sp³-hybridized carbons (Fsp3) is 0.458. The average molecular weight is 401 g/mol. The zero-order valence-electron chi connectivity index (χ0n) is 18.0. The molecule has 2 aromatic rings. The van der Waals surface area contributed by atoms with Gasteiger partial charge in [0.15, 0.2) is 11.5 Å². The highest BCUT2D eigenvalue weighted by molar-refractivity contribution is 5.57. The second-order valence-corrected chi connectivity index (χ2v) is 7.47. The van der Waals surface area contributed by atoms with Crippen LogP contribution in [0.15, 0.2) is 42.5 Å². The Morgan fingerprint density at radius 1 is 0.897 bits per heavy atom. The molecule has 0 aliphatic carbocycles. The summed E-state index contributed by atoms with van der Waals surface area (Å²) in [7, 11) is 1.60. The van der Waals surface area contributed by atoms with Gasteiger partial charge in [0.1, 0.15) is 31.4 Å². The maximum absolute atomic E-state index is 11.3. The molecule has 0 amide bonds. The van der Waals surface area contributed by atoms with E-state index < -0.39 is 6.10 Å². The summed E-state index contributed by atoms with van der Waals surface area (Å²) in [6, 6.07) is 13.8. The van der Waals surface area contributed by atoms with Crippen LogP contribution in [0.4, 0.5) is 0 Å². The van der Waals surface area contributed by atoms with E-state index in [1.54, 1.807) is 7.11 Å². The molecule has 2 aromatic carbocycles. The fourth-order valence-electron chi connectivity index (χ4n) is 2.93. The van der Waals surface area contributed by atoms with Crippen molar-refractivity contribution in [1.82, 2.24) is 0 Å². The van der Waals surface area contributed by atoms with Crippen LogP contribution in [-0.2, 0) is 16.0 Å². The van der Waals surface area contributed by atoms with E-state index in [1.165, 1.54) is 5.56 Å². The topological polar surface area (TPSA) is 54.0 Å². The first-order valence-corrected chi connectivity index (χ1v) is 10.1. The lowest BCUT2D eigenvalue weighted by Gasteiger charge is -2.17. The van der Waals surface area contributed by atoms with Gasteiger partial charge in [0.05, 0.1) is 13.2 Å². The minimum Gasteiger partial charge on any atom is -0.493 e. The highest BCUT2D eigenvalue weighted by Crippen LogP contribution is 2.29. The SMILES string of the molecule is COc1ccc(CC(C=O)OC(C)C)cc1OCCOc1ccc(C(C)C)cc1. The standard InChI is InChI=1S/C24H32O5/c1-17(2)20-7-9-21(10-8-20)27-12-13-28-24-15-19(6-11-23(24)26-5)14-22(16-25)29-18(3)4/h6-11,15-18,22H,12-14H2,1-5H3. The van der Waals surface area contributed by atoms with Crippen LogP contribution in [0.3, 0.4) is 0 Å². The number of methoxy groups -OCH3 is 1. The van der Waals surface area contributed by atoms with Crippen molar-refractivity contribution in [3.05, 3.63) is 53.6 Å². The summed E-state index contributed by atoms with van der Waals surface area (Å²) in [5.41, 5.74) is 2.23. The zero-order chi connectivity index (χ0) is 21.2. The Kier molecular flexibility index (Phi) is 9.00. The summed E-state index contributed by atoms with van der Waals surface area (Å²) in [6.07, 6.45) is 0.837. The molecular formula is C24H32O5. The summed E-state index contributed by atoms with van der Waals surface area (Å²) >= 11 is 0. The van der Waals surface area contributed by atoms with Crippen LogP contribution in [-0.4, -0.2) is 38.8 Å². The molecule has 0 radical (unpaired) electrons. The number of hydrogen-bond acceptors (Lipinski definition) is 5. The predicted molar refractivity (Wildman–Crippen MR) is 114 cm³/mol. The van der Waals surface area contributed by atoms with Crippen LogP contribution >= 0.6 is 0 Å². The number of carbonyl (C=O) groups is 1. The molecule has 5 nitrogen and oxygen atoms in total. The molecule has 5 heteroatoms. The van der Waals surface area contributed by atoms with Crippen molar-refractivity contribution in [2.75, 3.05) is 20.3 Å². The Balaban J connectivity index is 1.92. The van der Waals surface area contributed by atoms with Crippen LogP contribution < -0.4 is 14.2 Å². The molecule has 0 aliphatic heterocycles. The van der Waals surface area contributed by atoms with Gasteiger partial charge in [0.2, 0.25) is 0 Å². The maximum atomic E-state index is 11.3. The molecule has 0 N–H and O–H groups in total. The minimum absolute atomic E-state index is 0.00841. The van der Waals surface area contributed by atoms with E-state index in [4.69, 9.17) is 18.9 Å². The molecule has 158 valence electrons. The molecule has 0 spiro atoms. The van der Waals surface area contributed by atoms with E-state index in [0.717, 1.165) is 17.6 Å². The first kappa shape index (κ1) is 22.8. The molecule has 0 heterocycles. The molecule has 0 saturated carbocycles. The van der Waals surface area contributed by atoms with Gasteiger partial charge in [0, 0.05) is 6.42 Å². The van der Waals surface area contributed by atoms with Crippen molar-refractivity contribution in [2.45, 2.75) is 52.2 Å². The number of rotatable bonds is 12. The first-order valence-electron chi connectivity index (χ1n) is 10.1. The van der Waals surface area contributed by atoms with Crippen molar-refractivity contribution in [1.29, 1.82) is 0 Å². The summed E-state index contributed by atoms with van der Waals surface area (Å²) in [5, 5.41) is 0. The van der Waals surface area contributed by atoms with Gasteiger partial charge < -0.3 is 23.7 Å². The number of benzene rings is 2. The quantitative estimate of drug-likeness (QED) is 0.378. The number of aldehydes is 1. The lowest BCUT2D eigenvalue weighted by Crippen LogP contribution is -2.21. The van der Waals surface area contributed by atoms with Gasteiger partial charge in [-0.2, -0.15) is 0 Å². The monoisotopic (exact) mass is 400 g/mol. The number of ether oxygens (including phenoxy) is 4. The molecule has 0 aliphatic rings. The van der Waals surface area contributed by atoms with Crippen LogP contribution in [0.25, 0.3) is 0 Å². The molecule has 2 rings (SSSR count). The molecule has 0 fully saturated rings. The third-order valence-corrected chi connectivity index (χ3v) is 4.42. The predicted octanol–water partition coefficient (Wildman–Crippen LogP) is 4.81. The van der Waals surface area contributed by atoms with Crippen molar-refractivity contribution in [3.63, 3.8) is 0 Å². The molecule has 1 atom stereocenters. The molecule has 0 bridgehead atoms. The Morgan fingerprint density at radius 3 is 2.17 bits per heavy atom. The smallest absolute Gasteiger partial charge is 0.161 e. The van der Waals surface area contributed by atoms with Gasteiger partial charge in [-0.05, 0) is 55.2 Å². The van der Waals surface area contributed by atoms with E-state index in [9.17, 15) is 4.79 Å². The summed E-state index contributed by atoms with van der Waals surface area (Å²) < 4.78 is 22.6. The van der Waals surface area contributed by atoms with Crippen LogP contribution in [0.1, 0.15) is 44.7 Å². The maximum Gasteiger partial charge on any atom is 0.161 e. The first-order chi connectivity index (χ1) is 13.9. The highest BCUT2D eigenvalue weighted by atomic mass is 16.5. The Bertz CT molecular complexity index is 752. The van der Waals surface area contributed by atoms with Crippen LogP contribution in [0.2, 0.25) is 0 Å². The van der Waals surface area contributed by atoms with E-state index in [0.29, 0.717) is 37.1 Å². The van der Waals surface area contributed by atoms with Crippen LogP contribution in [0.5, 0.6) is 17.2 Å². The largest absolute Gasteiger partial charge is 0.493 e. The van der Waals surface area contributed by atoms with Crippen molar-refractivity contribution in [3.8, 4) is 17.2 Å². The molecule has 0 aromatic heterocycles. The Labute approximate surface area is 173 Å². The normalized spacial score (nSPS) is 12.1. The fourth-order valence-corrected chi connectivity index (χ4v) is 2.93.